The van der Waals surface area contributed by atoms with E-state index in [1.807, 2.05) is 0 Å². The first-order valence-electron chi connectivity index (χ1n) is 5.21. The lowest BCUT2D eigenvalue weighted by molar-refractivity contribution is 0.274. The van der Waals surface area contributed by atoms with Crippen LogP contribution in [0.3, 0.4) is 0 Å². The molecule has 0 N–H and O–H groups in total. The van der Waals surface area contributed by atoms with Crippen LogP contribution in [0.5, 0.6) is 5.75 Å². The Morgan fingerprint density at radius 3 is 2.41 bits per heavy atom. The van der Waals surface area contributed by atoms with Gasteiger partial charge in [-0.15, -0.1) is 0 Å². The highest BCUT2D eigenvalue weighted by Gasteiger charge is 2.04. The van der Waals surface area contributed by atoms with Crippen LogP contribution in [-0.4, -0.2) is 27.4 Å². The third-order valence-corrected chi connectivity index (χ3v) is 4.08. The fourth-order valence-electron chi connectivity index (χ4n) is 1.14. The molecule has 0 amide bonds. The van der Waals surface area contributed by atoms with Crippen molar-refractivity contribution in [2.45, 2.75) is 6.92 Å². The topological polar surface area (TPSA) is 46.6 Å². The number of hydrogen-bond acceptors (Lipinski definition) is 3. The maximum Gasteiger partial charge on any atom is 0.224 e. The summed E-state index contributed by atoms with van der Waals surface area (Å²) in [7, 11) is -1.07. The van der Waals surface area contributed by atoms with Crippen LogP contribution in [0.1, 0.15) is 6.92 Å². The highest BCUT2D eigenvalue weighted by atomic mass is 79.9. The molecule has 0 spiro atoms. The predicted molar refractivity (Wildman–Crippen MR) is 73.6 cm³/mol. The summed E-state index contributed by atoms with van der Waals surface area (Å²) in [4.78, 5) is 0. The van der Waals surface area contributed by atoms with Crippen molar-refractivity contribution in [3.05, 3.63) is 24.3 Å². The normalized spacial score (nSPS) is 12.5. The first kappa shape index (κ1) is 14.3. The van der Waals surface area contributed by atoms with E-state index in [0.717, 1.165) is 11.1 Å². The lowest BCUT2D eigenvalue weighted by atomic mass is 10.2. The SMILES string of the molecule is CC(CBr)COc1ccc(N(C)[SH](=O)=O)cc1. The smallest absolute Gasteiger partial charge is 0.224 e. The van der Waals surface area contributed by atoms with Gasteiger partial charge in [0, 0.05) is 12.4 Å². The van der Waals surface area contributed by atoms with Gasteiger partial charge in [0.05, 0.1) is 12.3 Å². The second kappa shape index (κ2) is 6.86. The molecule has 1 aromatic rings. The third-order valence-electron chi connectivity index (χ3n) is 2.25. The Bertz CT molecular complexity index is 411. The van der Waals surface area contributed by atoms with Crippen molar-refractivity contribution >= 4 is 32.5 Å². The maximum atomic E-state index is 10.8. The number of alkyl halides is 1. The van der Waals surface area contributed by atoms with Gasteiger partial charge in [-0.25, -0.2) is 8.42 Å². The highest BCUT2D eigenvalue weighted by Crippen LogP contribution is 2.19. The summed E-state index contributed by atoms with van der Waals surface area (Å²) in [6, 6.07) is 6.98. The van der Waals surface area contributed by atoms with Crippen molar-refractivity contribution in [3.63, 3.8) is 0 Å². The first-order chi connectivity index (χ1) is 8.04. The van der Waals surface area contributed by atoms with Crippen molar-refractivity contribution < 1.29 is 13.2 Å². The summed E-state index contributed by atoms with van der Waals surface area (Å²) < 4.78 is 28.3. The Morgan fingerprint density at radius 1 is 1.35 bits per heavy atom. The van der Waals surface area contributed by atoms with E-state index in [0.29, 0.717) is 18.2 Å². The van der Waals surface area contributed by atoms with Gasteiger partial charge in [-0.3, -0.25) is 4.31 Å². The van der Waals surface area contributed by atoms with E-state index in [4.69, 9.17) is 4.74 Å². The molecule has 0 heterocycles. The van der Waals surface area contributed by atoms with Gasteiger partial charge in [-0.1, -0.05) is 22.9 Å². The lowest BCUT2D eigenvalue weighted by Crippen LogP contribution is -2.14. The third kappa shape index (κ3) is 4.55. The zero-order valence-corrected chi connectivity index (χ0v) is 12.3. The number of anilines is 1. The minimum Gasteiger partial charge on any atom is -0.493 e. The van der Waals surface area contributed by atoms with Crippen LogP contribution in [-0.2, 0) is 10.9 Å². The van der Waals surface area contributed by atoms with Gasteiger partial charge in [0.2, 0.25) is 10.9 Å². The van der Waals surface area contributed by atoms with E-state index in [1.165, 1.54) is 11.4 Å². The number of rotatable bonds is 6. The molecule has 96 valence electrons. The fraction of sp³-hybridized carbons (Fsp3) is 0.455. The number of halogens is 1. The molecule has 6 heteroatoms. The Hall–Kier alpha value is -0.750. The molecule has 0 bridgehead atoms. The molecule has 0 aromatic heterocycles. The number of benzene rings is 1. The van der Waals surface area contributed by atoms with E-state index >= 15 is 0 Å². The number of nitrogens with zero attached hydrogens (tertiary/aromatic N) is 1. The van der Waals surface area contributed by atoms with Gasteiger partial charge in [-0.05, 0) is 30.2 Å². The predicted octanol–water partition coefficient (Wildman–Crippen LogP) is 2.06. The summed E-state index contributed by atoms with van der Waals surface area (Å²) in [5.74, 6) is 1.18. The van der Waals surface area contributed by atoms with Gasteiger partial charge in [0.15, 0.2) is 0 Å². The Balaban J connectivity index is 2.62. The summed E-state index contributed by atoms with van der Waals surface area (Å²) in [6.45, 7) is 2.72. The van der Waals surface area contributed by atoms with Crippen molar-refractivity contribution in [1.29, 1.82) is 0 Å². The molecular weight excluding hydrogens is 306 g/mol. The second-order valence-electron chi connectivity index (χ2n) is 3.83. The van der Waals surface area contributed by atoms with Crippen LogP contribution in [0.2, 0.25) is 0 Å². The average molecular weight is 322 g/mol. The van der Waals surface area contributed by atoms with Crippen molar-refractivity contribution in [1.82, 2.24) is 0 Å². The highest BCUT2D eigenvalue weighted by molar-refractivity contribution is 9.09. The monoisotopic (exact) mass is 321 g/mol. The van der Waals surface area contributed by atoms with Crippen LogP contribution >= 0.6 is 15.9 Å². The zero-order valence-electron chi connectivity index (χ0n) is 9.80. The lowest BCUT2D eigenvalue weighted by Gasteiger charge is -2.13. The summed E-state index contributed by atoms with van der Waals surface area (Å²) in [5, 5.41) is 0.893. The molecule has 0 aliphatic carbocycles. The summed E-state index contributed by atoms with van der Waals surface area (Å²) >= 11 is 3.38. The largest absolute Gasteiger partial charge is 0.493 e. The summed E-state index contributed by atoms with van der Waals surface area (Å²) in [6.07, 6.45) is 0. The molecule has 1 aromatic carbocycles. The van der Waals surface area contributed by atoms with E-state index in [9.17, 15) is 8.42 Å². The molecule has 0 saturated carbocycles. The molecule has 0 aliphatic heterocycles. The van der Waals surface area contributed by atoms with Crippen LogP contribution in [0.25, 0.3) is 0 Å². The Labute approximate surface area is 112 Å². The van der Waals surface area contributed by atoms with E-state index in [-0.39, 0.29) is 0 Å². The zero-order chi connectivity index (χ0) is 12.8. The van der Waals surface area contributed by atoms with Crippen LogP contribution in [0, 0.1) is 5.92 Å². The first-order valence-corrected chi connectivity index (χ1v) is 7.46. The second-order valence-corrected chi connectivity index (χ2v) is 5.55. The standard InChI is InChI=1S/C11H16BrNO3S/c1-9(7-12)8-16-11-5-3-10(4-6-11)13(2)17(14)15/h3-6,9,17H,7-8H2,1-2H3. The van der Waals surface area contributed by atoms with Crippen molar-refractivity contribution in [2.75, 3.05) is 23.3 Å². The van der Waals surface area contributed by atoms with E-state index in [2.05, 4.69) is 22.9 Å². The Morgan fingerprint density at radius 2 is 1.94 bits per heavy atom. The molecule has 1 rings (SSSR count). The molecular formula is C11H16BrNO3S. The molecule has 0 aliphatic rings. The average Bonchev–Trinajstić information content (AvgIpc) is 2.35. The number of hydrogen-bond donors (Lipinski definition) is 1. The molecule has 1 atom stereocenters. The van der Waals surface area contributed by atoms with Gasteiger partial charge < -0.3 is 4.74 Å². The van der Waals surface area contributed by atoms with Gasteiger partial charge >= 0.3 is 0 Å². The minimum atomic E-state index is -2.58. The molecule has 1 unspecified atom stereocenters. The van der Waals surface area contributed by atoms with Gasteiger partial charge in [-0.2, -0.15) is 0 Å². The van der Waals surface area contributed by atoms with Crippen LogP contribution in [0.15, 0.2) is 24.3 Å². The minimum absolute atomic E-state index is 0.438. The molecule has 0 saturated heterocycles. The number of ether oxygens (including phenoxy) is 1. The van der Waals surface area contributed by atoms with E-state index in [1.54, 1.807) is 24.3 Å². The van der Waals surface area contributed by atoms with E-state index < -0.39 is 10.9 Å². The summed E-state index contributed by atoms with van der Waals surface area (Å²) in [5.41, 5.74) is 0.627. The molecule has 4 nitrogen and oxygen atoms in total. The van der Waals surface area contributed by atoms with Crippen LogP contribution in [0.4, 0.5) is 5.69 Å². The number of thiol groups is 1. The van der Waals surface area contributed by atoms with Crippen LogP contribution < -0.4 is 9.04 Å². The fourth-order valence-corrected chi connectivity index (χ4v) is 1.64. The van der Waals surface area contributed by atoms with Crippen molar-refractivity contribution in [3.8, 4) is 5.75 Å². The molecule has 17 heavy (non-hydrogen) atoms. The Kier molecular flexibility index (Phi) is 5.77. The molecule has 0 radical (unpaired) electrons. The van der Waals surface area contributed by atoms with Gasteiger partial charge in [0.1, 0.15) is 5.75 Å². The van der Waals surface area contributed by atoms with Gasteiger partial charge in [0.25, 0.3) is 0 Å². The maximum absolute atomic E-state index is 10.8. The van der Waals surface area contributed by atoms with Crippen molar-refractivity contribution in [2.24, 2.45) is 5.92 Å². The molecule has 0 fully saturated rings. The quantitative estimate of drug-likeness (QED) is 0.644.